The van der Waals surface area contributed by atoms with Crippen LogP contribution in [0.4, 0.5) is 0 Å². The molecule has 3 rings (SSSR count). The summed E-state index contributed by atoms with van der Waals surface area (Å²) in [5.41, 5.74) is 0.135. The minimum atomic E-state index is -3.69. The fourth-order valence-electron chi connectivity index (χ4n) is 3.42. The second-order valence-corrected chi connectivity index (χ2v) is 9.86. The summed E-state index contributed by atoms with van der Waals surface area (Å²) in [7, 11) is -3.69. The minimum Gasteiger partial charge on any atom is -0.311 e. The molecule has 1 aromatic heterocycles. The van der Waals surface area contributed by atoms with E-state index < -0.39 is 13.9 Å². The van der Waals surface area contributed by atoms with Crippen molar-refractivity contribution in [2.24, 2.45) is 0 Å². The zero-order valence-electron chi connectivity index (χ0n) is 17.2. The highest BCUT2D eigenvalue weighted by molar-refractivity contribution is 9.10. The Labute approximate surface area is 193 Å². The number of carbonyl (C=O) groups is 1. The molecule has 2 unspecified atom stereocenters. The van der Waals surface area contributed by atoms with Crippen LogP contribution in [0.1, 0.15) is 26.7 Å². The molecule has 0 radical (unpaired) electrons. The molecule has 12 heteroatoms. The number of ketones is 1. The first-order chi connectivity index (χ1) is 14.8. The lowest BCUT2D eigenvalue weighted by Gasteiger charge is -2.24. The van der Waals surface area contributed by atoms with E-state index in [0.717, 1.165) is 0 Å². The number of fused-ring (bicyclic) bond motifs is 1. The number of Topliss-reactive ketones (excluding diaryl/α,β-unsaturated/α-hetero) is 1. The van der Waals surface area contributed by atoms with Crippen LogP contribution in [0.5, 0.6) is 0 Å². The van der Waals surface area contributed by atoms with Gasteiger partial charge in [0.2, 0.25) is 0 Å². The molecular formula is C19H24BrClN3O6P. The van der Waals surface area contributed by atoms with Gasteiger partial charge in [-0.2, -0.15) is 0 Å². The lowest BCUT2D eigenvalue weighted by Crippen LogP contribution is -2.36. The Morgan fingerprint density at radius 2 is 2.06 bits per heavy atom. The number of nitrogens with one attached hydrogen (secondary N) is 1. The van der Waals surface area contributed by atoms with E-state index in [1.165, 1.54) is 17.0 Å². The molecule has 0 saturated carbocycles. The van der Waals surface area contributed by atoms with Gasteiger partial charge in [-0.25, -0.2) is 9.55 Å². The van der Waals surface area contributed by atoms with Crippen LogP contribution in [-0.4, -0.2) is 47.2 Å². The summed E-state index contributed by atoms with van der Waals surface area (Å²) in [5, 5.41) is 3.90. The molecule has 0 bridgehead atoms. The van der Waals surface area contributed by atoms with Gasteiger partial charge < -0.3 is 5.32 Å². The largest absolute Gasteiger partial charge is 0.475 e. The maximum absolute atomic E-state index is 12.7. The number of hydrogen-bond donors (Lipinski definition) is 1. The van der Waals surface area contributed by atoms with Crippen molar-refractivity contribution in [2.45, 2.75) is 45.4 Å². The normalized spacial score (nSPS) is 19.2. The standard InChI is InChI=1S/C19H24BrClN3O6P/c1-3-28-31(27,29-4-2)30-18-5-6-22-17(18)7-12(25)10-24-11-23-16-9-14(20)15(21)8-13(16)19(24)26/h8-9,11,17-18,22H,3-7,10H2,1-2H3. The molecule has 1 aliphatic heterocycles. The molecule has 31 heavy (non-hydrogen) atoms. The fourth-order valence-corrected chi connectivity index (χ4v) is 5.33. The number of benzene rings is 1. The van der Waals surface area contributed by atoms with E-state index in [-0.39, 0.29) is 43.6 Å². The second kappa shape index (κ2) is 10.7. The molecule has 1 saturated heterocycles. The zero-order valence-corrected chi connectivity index (χ0v) is 20.4. The van der Waals surface area contributed by atoms with Crippen LogP contribution < -0.4 is 10.9 Å². The number of carbonyl (C=O) groups excluding carboxylic acids is 1. The van der Waals surface area contributed by atoms with E-state index in [9.17, 15) is 14.2 Å². The Balaban J connectivity index is 1.70. The summed E-state index contributed by atoms with van der Waals surface area (Å²) >= 11 is 9.39. The lowest BCUT2D eigenvalue weighted by molar-refractivity contribution is -0.120. The van der Waals surface area contributed by atoms with Gasteiger partial charge >= 0.3 is 7.82 Å². The average Bonchev–Trinajstić information content (AvgIpc) is 3.12. The van der Waals surface area contributed by atoms with Gasteiger partial charge in [0, 0.05) is 16.9 Å². The van der Waals surface area contributed by atoms with Crippen LogP contribution in [0.2, 0.25) is 5.02 Å². The fraction of sp³-hybridized carbons (Fsp3) is 0.526. The summed E-state index contributed by atoms with van der Waals surface area (Å²) in [6.07, 6.45) is 1.49. The smallest absolute Gasteiger partial charge is 0.311 e. The summed E-state index contributed by atoms with van der Waals surface area (Å²) in [6.45, 7) is 4.22. The molecule has 0 spiro atoms. The van der Waals surface area contributed by atoms with E-state index in [1.54, 1.807) is 19.9 Å². The van der Waals surface area contributed by atoms with E-state index in [2.05, 4.69) is 26.2 Å². The number of phosphoric ester groups is 1. The van der Waals surface area contributed by atoms with Gasteiger partial charge in [-0.15, -0.1) is 0 Å². The van der Waals surface area contributed by atoms with Crippen LogP contribution >= 0.6 is 35.4 Å². The van der Waals surface area contributed by atoms with Crippen molar-refractivity contribution in [3.63, 3.8) is 0 Å². The first-order valence-electron chi connectivity index (χ1n) is 9.93. The molecule has 9 nitrogen and oxygen atoms in total. The summed E-state index contributed by atoms with van der Waals surface area (Å²) in [5.74, 6) is -0.192. The van der Waals surface area contributed by atoms with Gasteiger partial charge in [-0.3, -0.25) is 27.7 Å². The maximum Gasteiger partial charge on any atom is 0.475 e. The summed E-state index contributed by atoms with van der Waals surface area (Å²) < 4.78 is 30.6. The molecular weight excluding hydrogens is 513 g/mol. The van der Waals surface area contributed by atoms with Crippen LogP contribution in [0, 0.1) is 0 Å². The van der Waals surface area contributed by atoms with Crippen LogP contribution in [-0.2, 0) is 29.5 Å². The number of halogens is 2. The third kappa shape index (κ3) is 6.01. The summed E-state index contributed by atoms with van der Waals surface area (Å²) in [4.78, 5) is 29.7. The van der Waals surface area contributed by atoms with E-state index in [0.29, 0.717) is 33.4 Å². The van der Waals surface area contributed by atoms with Crippen molar-refractivity contribution in [2.75, 3.05) is 19.8 Å². The monoisotopic (exact) mass is 535 g/mol. The SMILES string of the molecule is CCOP(=O)(OCC)OC1CCNC1CC(=O)Cn1cnc2cc(Br)c(Cl)cc2c1=O. The van der Waals surface area contributed by atoms with Crippen molar-refractivity contribution in [1.29, 1.82) is 0 Å². The average molecular weight is 537 g/mol. The molecule has 2 aromatic rings. The van der Waals surface area contributed by atoms with Crippen LogP contribution in [0.15, 0.2) is 27.7 Å². The first kappa shape index (κ1) is 24.5. The van der Waals surface area contributed by atoms with Crippen LogP contribution in [0.3, 0.4) is 0 Å². The van der Waals surface area contributed by atoms with E-state index >= 15 is 0 Å². The van der Waals surface area contributed by atoms with Gasteiger partial charge in [0.25, 0.3) is 5.56 Å². The Kier molecular flexibility index (Phi) is 8.43. The van der Waals surface area contributed by atoms with Crippen molar-refractivity contribution in [3.05, 3.63) is 38.3 Å². The number of aromatic nitrogens is 2. The number of hydrogen-bond acceptors (Lipinski definition) is 8. The zero-order chi connectivity index (χ0) is 22.6. The molecule has 1 aromatic carbocycles. The van der Waals surface area contributed by atoms with Crippen molar-refractivity contribution in [3.8, 4) is 0 Å². The molecule has 1 fully saturated rings. The van der Waals surface area contributed by atoms with Crippen LogP contribution in [0.25, 0.3) is 10.9 Å². The van der Waals surface area contributed by atoms with E-state index in [1.807, 2.05) is 0 Å². The van der Waals surface area contributed by atoms with E-state index in [4.69, 9.17) is 25.2 Å². The van der Waals surface area contributed by atoms with Gasteiger partial charge in [-0.05, 0) is 54.9 Å². The minimum absolute atomic E-state index is 0.0918. The first-order valence-corrected chi connectivity index (χ1v) is 12.6. The third-order valence-corrected chi connectivity index (χ3v) is 7.66. The molecule has 2 heterocycles. The molecule has 1 N–H and O–H groups in total. The topological polar surface area (TPSA) is 109 Å². The molecule has 170 valence electrons. The Morgan fingerprint density at radius 1 is 1.35 bits per heavy atom. The van der Waals surface area contributed by atoms with Crippen molar-refractivity contribution in [1.82, 2.24) is 14.9 Å². The van der Waals surface area contributed by atoms with Gasteiger partial charge in [0.05, 0.1) is 48.1 Å². The van der Waals surface area contributed by atoms with Crippen molar-refractivity contribution < 1.29 is 22.9 Å². The quantitative estimate of drug-likeness (QED) is 0.458. The predicted octanol–water partition coefficient (Wildman–Crippen LogP) is 3.70. The molecule has 2 atom stereocenters. The second-order valence-electron chi connectivity index (χ2n) is 6.98. The highest BCUT2D eigenvalue weighted by atomic mass is 79.9. The maximum atomic E-state index is 12.7. The number of phosphoric acid groups is 1. The highest BCUT2D eigenvalue weighted by Gasteiger charge is 2.37. The third-order valence-electron chi connectivity index (χ3n) is 4.78. The van der Waals surface area contributed by atoms with Gasteiger partial charge in [-0.1, -0.05) is 11.6 Å². The van der Waals surface area contributed by atoms with Crippen molar-refractivity contribution >= 4 is 52.0 Å². The number of nitrogens with zero attached hydrogens (tertiary/aromatic N) is 2. The highest BCUT2D eigenvalue weighted by Crippen LogP contribution is 2.51. The Morgan fingerprint density at radius 3 is 2.74 bits per heavy atom. The van der Waals surface area contributed by atoms with Gasteiger partial charge in [0.1, 0.15) is 0 Å². The predicted molar refractivity (Wildman–Crippen MR) is 120 cm³/mol. The lowest BCUT2D eigenvalue weighted by atomic mass is 10.1. The molecule has 0 aliphatic carbocycles. The molecule has 0 amide bonds. The molecule has 1 aliphatic rings. The summed E-state index contributed by atoms with van der Waals surface area (Å²) in [6, 6.07) is 2.82. The van der Waals surface area contributed by atoms with Gasteiger partial charge in [0.15, 0.2) is 5.78 Å². The number of rotatable bonds is 10. The Hall–Kier alpha value is -1.13. The Bertz CT molecular complexity index is 1050.